The summed E-state index contributed by atoms with van der Waals surface area (Å²) in [6.45, 7) is 15.5. The fourth-order valence-corrected chi connectivity index (χ4v) is 10.9. The first kappa shape index (κ1) is 60.5. The lowest BCUT2D eigenvalue weighted by molar-refractivity contribution is -0.144. The van der Waals surface area contributed by atoms with Gasteiger partial charge in [0.05, 0.1) is 45.6 Å². The molecule has 77 heavy (non-hydrogen) atoms. The molecule has 418 valence electrons. The number of rotatable bonds is 21. The van der Waals surface area contributed by atoms with Crippen molar-refractivity contribution in [1.29, 1.82) is 5.26 Å². The normalized spacial score (nSPS) is 18.9. The van der Waals surface area contributed by atoms with Gasteiger partial charge in [0.15, 0.2) is 5.11 Å². The number of piperidine rings is 1. The third kappa shape index (κ3) is 15.5. The lowest BCUT2D eigenvalue weighted by Crippen LogP contribution is -2.58. The Morgan fingerprint density at radius 3 is 2.26 bits per heavy atom. The first-order valence-electron chi connectivity index (χ1n) is 26.8. The fraction of sp³-hybridized carbons (Fsp3) is 0.561. The van der Waals surface area contributed by atoms with Crippen LogP contribution in [0.25, 0.3) is 5.57 Å². The zero-order valence-electron chi connectivity index (χ0n) is 45.5. The number of nitrogens with zero attached hydrogens (tertiary/aromatic N) is 6. The van der Waals surface area contributed by atoms with Crippen molar-refractivity contribution in [3.63, 3.8) is 0 Å². The highest BCUT2D eigenvalue weighted by Crippen LogP contribution is 2.44. The number of thiazole rings is 1. The standard InChI is InChI=1S/C53H65F3N8O7S2.C4H10/c1-35-45(73-34-59-35)37-13-11-36(12-14-37)32-58-47(66)43-10-8-23-62(43)48(67)46(51(2,3)4)60-44(65)33-70-28-9-27-69-26-6-7-29-71-41-19-17-39(18-20-41)64-50(72)63(49(68)52(64)21-24-61(5)25-22-52)40-16-15-38(31-57)42(30-40)53(54,55)56;1-3-4-2/h11,13-20,30,34,36,43,46H,6-10,12,21-29,32-33H2,1-5H3,(H,58,66)(H,60,65);3-4H2,1-2H3. The van der Waals surface area contributed by atoms with E-state index >= 15 is 0 Å². The van der Waals surface area contributed by atoms with Gasteiger partial charge in [0, 0.05) is 51.7 Å². The Morgan fingerprint density at radius 2 is 1.64 bits per heavy atom. The number of carbonyl (C=O) groups is 4. The predicted octanol–water partition coefficient (Wildman–Crippen LogP) is 9.63. The van der Waals surface area contributed by atoms with Gasteiger partial charge in [-0.2, -0.15) is 18.4 Å². The molecule has 1 aliphatic carbocycles. The molecule has 2 aromatic carbocycles. The van der Waals surface area contributed by atoms with E-state index in [0.717, 1.165) is 46.0 Å². The van der Waals surface area contributed by atoms with Crippen molar-refractivity contribution >= 4 is 69.2 Å². The maximum Gasteiger partial charge on any atom is 0.417 e. The second-order valence-corrected chi connectivity index (χ2v) is 22.3. The smallest absolute Gasteiger partial charge is 0.417 e. The number of thiocarbonyl (C=S) groups is 1. The average molecular weight is 1110 g/mol. The van der Waals surface area contributed by atoms with Crippen LogP contribution in [0.1, 0.15) is 121 Å². The lowest BCUT2D eigenvalue weighted by Gasteiger charge is -2.41. The third-order valence-electron chi connectivity index (χ3n) is 14.3. The lowest BCUT2D eigenvalue weighted by atomic mass is 9.85. The molecule has 3 aliphatic heterocycles. The molecule has 15 nitrogen and oxygen atoms in total. The molecule has 3 unspecified atom stereocenters. The second kappa shape index (κ2) is 27.7. The quantitative estimate of drug-likeness (QED) is 0.0767. The highest BCUT2D eigenvalue weighted by molar-refractivity contribution is 7.81. The Hall–Kier alpha value is -5.72. The van der Waals surface area contributed by atoms with Crippen LogP contribution in [0, 0.1) is 29.6 Å². The molecule has 3 fully saturated rings. The summed E-state index contributed by atoms with van der Waals surface area (Å²) in [7, 11) is 1.95. The van der Waals surface area contributed by atoms with E-state index in [2.05, 4.69) is 52.6 Å². The van der Waals surface area contributed by atoms with Crippen LogP contribution in [0.3, 0.4) is 0 Å². The van der Waals surface area contributed by atoms with E-state index in [-0.39, 0.29) is 41.7 Å². The van der Waals surface area contributed by atoms with Crippen LogP contribution in [0.4, 0.5) is 24.5 Å². The number of alkyl halides is 3. The van der Waals surface area contributed by atoms with Crippen molar-refractivity contribution in [2.75, 3.05) is 76.1 Å². The fourth-order valence-electron chi connectivity index (χ4n) is 9.64. The molecular formula is C57H75F3N8O7S2. The molecule has 1 aromatic heterocycles. The molecule has 3 saturated heterocycles. The number of hydrogen-bond acceptors (Lipinski definition) is 12. The highest BCUT2D eigenvalue weighted by atomic mass is 32.1. The number of hydrogen-bond donors (Lipinski definition) is 2. The van der Waals surface area contributed by atoms with Crippen LogP contribution in [0.15, 0.2) is 66.2 Å². The Kier molecular flexibility index (Phi) is 21.8. The van der Waals surface area contributed by atoms with Crippen LogP contribution in [-0.4, -0.2) is 127 Å². The van der Waals surface area contributed by atoms with Crippen molar-refractivity contribution in [2.24, 2.45) is 11.3 Å². The number of halogens is 3. The summed E-state index contributed by atoms with van der Waals surface area (Å²) in [4.78, 5) is 66.8. The van der Waals surface area contributed by atoms with Gasteiger partial charge in [-0.25, -0.2) is 4.98 Å². The molecule has 4 heterocycles. The molecule has 1 spiro atoms. The number of allylic oxidation sites excluding steroid dienone is 3. The first-order chi connectivity index (χ1) is 36.7. The number of anilines is 2. The number of amides is 4. The molecule has 3 aromatic rings. The summed E-state index contributed by atoms with van der Waals surface area (Å²) in [6.07, 6.45) is 9.09. The van der Waals surface area contributed by atoms with Gasteiger partial charge in [0.1, 0.15) is 30.0 Å². The number of unbranched alkanes of at least 4 members (excludes halogenated alkanes) is 2. The number of aromatic nitrogens is 1. The van der Waals surface area contributed by atoms with E-state index in [1.54, 1.807) is 51.5 Å². The molecule has 4 amide bonds. The van der Waals surface area contributed by atoms with Crippen molar-refractivity contribution < 1.29 is 46.6 Å². The number of likely N-dealkylation sites (tertiary alicyclic amines) is 2. The predicted molar refractivity (Wildman–Crippen MR) is 297 cm³/mol. The van der Waals surface area contributed by atoms with Gasteiger partial charge in [-0.05, 0) is 137 Å². The molecule has 7 rings (SSSR count). The summed E-state index contributed by atoms with van der Waals surface area (Å²) in [5.41, 5.74) is 1.17. The largest absolute Gasteiger partial charge is 0.494 e. The molecule has 0 radical (unpaired) electrons. The molecule has 3 atom stereocenters. The maximum absolute atomic E-state index is 14.3. The minimum absolute atomic E-state index is 0.0460. The SMILES string of the molecule is CCCC.Cc1ncsc1C1=CCC(CNC(=O)C2CCCN2C(=O)C(NC(=O)COCCCOCCCCOc2ccc(N3C(=S)N(c4ccc(C#N)c(C(F)(F)F)c4)C(=O)C34CCN(C)CC4)cc2)C(C)(C)C)C=C1. The third-order valence-corrected chi connectivity index (χ3v) is 15.6. The van der Waals surface area contributed by atoms with Crippen LogP contribution in [0.2, 0.25) is 0 Å². The first-order valence-corrected chi connectivity index (χ1v) is 28.1. The minimum atomic E-state index is -4.80. The maximum atomic E-state index is 14.3. The van der Waals surface area contributed by atoms with E-state index in [1.165, 1.54) is 18.9 Å². The molecule has 0 saturated carbocycles. The Balaban J connectivity index is 0.00000232. The zero-order chi connectivity index (χ0) is 55.9. The van der Waals surface area contributed by atoms with E-state index < -0.39 is 52.2 Å². The average Bonchev–Trinajstić information content (AvgIpc) is 4.29. The van der Waals surface area contributed by atoms with Crippen LogP contribution < -0.4 is 25.2 Å². The number of benzene rings is 2. The summed E-state index contributed by atoms with van der Waals surface area (Å²) >= 11 is 7.46. The van der Waals surface area contributed by atoms with Gasteiger partial charge in [0.25, 0.3) is 5.91 Å². The Morgan fingerprint density at radius 1 is 0.961 bits per heavy atom. The number of ether oxygens (including phenoxy) is 3. The van der Waals surface area contributed by atoms with Crippen LogP contribution >= 0.6 is 23.6 Å². The van der Waals surface area contributed by atoms with Crippen LogP contribution in [0.5, 0.6) is 5.75 Å². The van der Waals surface area contributed by atoms with E-state index in [1.807, 2.05) is 40.3 Å². The number of nitriles is 1. The summed E-state index contributed by atoms with van der Waals surface area (Å²) < 4.78 is 59.2. The van der Waals surface area contributed by atoms with Gasteiger partial charge < -0.3 is 39.5 Å². The monoisotopic (exact) mass is 1100 g/mol. The minimum Gasteiger partial charge on any atom is -0.494 e. The Labute approximate surface area is 461 Å². The van der Waals surface area contributed by atoms with Gasteiger partial charge in [-0.3, -0.25) is 24.1 Å². The van der Waals surface area contributed by atoms with E-state index in [4.69, 9.17) is 26.4 Å². The van der Waals surface area contributed by atoms with Crippen molar-refractivity contribution in [3.8, 4) is 11.8 Å². The zero-order valence-corrected chi connectivity index (χ0v) is 47.1. The van der Waals surface area contributed by atoms with Crippen molar-refractivity contribution in [1.82, 2.24) is 25.4 Å². The van der Waals surface area contributed by atoms with Gasteiger partial charge in [-0.1, -0.05) is 65.7 Å². The molecule has 2 N–H and O–H groups in total. The Bertz CT molecular complexity index is 2620. The number of carbonyl (C=O) groups excluding carboxylic acids is 4. The summed E-state index contributed by atoms with van der Waals surface area (Å²) in [5, 5.41) is 15.3. The second-order valence-electron chi connectivity index (χ2n) is 21.1. The van der Waals surface area contributed by atoms with E-state index in [0.29, 0.717) is 96.0 Å². The summed E-state index contributed by atoms with van der Waals surface area (Å²) in [6, 6.07) is 10.5. The molecule has 20 heteroatoms. The highest BCUT2D eigenvalue weighted by Gasteiger charge is 2.57. The number of nitrogens with one attached hydrogen (secondary N) is 2. The van der Waals surface area contributed by atoms with Gasteiger partial charge >= 0.3 is 6.18 Å². The van der Waals surface area contributed by atoms with Crippen molar-refractivity contribution in [2.45, 2.75) is 130 Å². The van der Waals surface area contributed by atoms with Gasteiger partial charge in [-0.15, -0.1) is 11.3 Å². The van der Waals surface area contributed by atoms with E-state index in [9.17, 15) is 37.6 Å². The topological polar surface area (TPSA) is 170 Å². The van der Waals surface area contributed by atoms with Gasteiger partial charge in [0.2, 0.25) is 17.7 Å². The van der Waals surface area contributed by atoms with Crippen molar-refractivity contribution in [3.05, 3.63) is 87.9 Å². The number of aryl methyl sites for hydroxylation is 1. The molecule has 0 bridgehead atoms. The van der Waals surface area contributed by atoms with Crippen LogP contribution in [-0.2, 0) is 34.8 Å². The summed E-state index contributed by atoms with van der Waals surface area (Å²) in [5.74, 6) is -0.543. The molecule has 4 aliphatic rings. The molecular weight excluding hydrogens is 1030 g/mol.